The van der Waals surface area contributed by atoms with Crippen molar-refractivity contribution in [1.29, 1.82) is 0 Å². The van der Waals surface area contributed by atoms with Gasteiger partial charge in [-0.1, -0.05) is 29.8 Å². The van der Waals surface area contributed by atoms with Gasteiger partial charge in [0, 0.05) is 28.9 Å². The van der Waals surface area contributed by atoms with Crippen LogP contribution in [0.3, 0.4) is 0 Å². The van der Waals surface area contributed by atoms with Gasteiger partial charge < -0.3 is 5.32 Å². The summed E-state index contributed by atoms with van der Waals surface area (Å²) in [5.41, 5.74) is 5.22. The second-order valence-electron chi connectivity index (χ2n) is 6.32. The third-order valence-corrected chi connectivity index (χ3v) is 5.44. The molecule has 1 aliphatic heterocycles. The van der Waals surface area contributed by atoms with Crippen LogP contribution in [-0.4, -0.2) is 17.4 Å². The van der Waals surface area contributed by atoms with E-state index >= 15 is 0 Å². The SMILES string of the molecule is O=C(Nc1nc(Cc2cccc(Cl)c2)cs1)c1ccc2c(c1)CCNC2. The van der Waals surface area contributed by atoms with E-state index < -0.39 is 0 Å². The highest BCUT2D eigenvalue weighted by Crippen LogP contribution is 2.21. The van der Waals surface area contributed by atoms with Crippen LogP contribution in [0.4, 0.5) is 5.13 Å². The number of fused-ring (bicyclic) bond motifs is 1. The second kappa shape index (κ2) is 7.58. The van der Waals surface area contributed by atoms with Gasteiger partial charge in [-0.25, -0.2) is 4.98 Å². The number of halogens is 1. The number of anilines is 1. The van der Waals surface area contributed by atoms with Crippen molar-refractivity contribution in [2.45, 2.75) is 19.4 Å². The number of hydrogen-bond donors (Lipinski definition) is 2. The van der Waals surface area contributed by atoms with Crippen LogP contribution in [0, 0.1) is 0 Å². The van der Waals surface area contributed by atoms with Gasteiger partial charge in [-0.05, 0) is 53.9 Å². The quantitative estimate of drug-likeness (QED) is 0.706. The summed E-state index contributed by atoms with van der Waals surface area (Å²) < 4.78 is 0. The lowest BCUT2D eigenvalue weighted by molar-refractivity contribution is 0.102. The zero-order valence-corrected chi connectivity index (χ0v) is 15.7. The fourth-order valence-corrected chi connectivity index (χ4v) is 4.01. The minimum absolute atomic E-state index is 0.116. The zero-order valence-electron chi connectivity index (χ0n) is 14.1. The van der Waals surface area contributed by atoms with Gasteiger partial charge in [0.15, 0.2) is 5.13 Å². The number of nitrogens with zero attached hydrogens (tertiary/aromatic N) is 1. The highest BCUT2D eigenvalue weighted by atomic mass is 35.5. The van der Waals surface area contributed by atoms with Crippen LogP contribution in [0.5, 0.6) is 0 Å². The van der Waals surface area contributed by atoms with Crippen molar-refractivity contribution in [1.82, 2.24) is 10.3 Å². The molecular formula is C20H18ClN3OS. The maximum Gasteiger partial charge on any atom is 0.257 e. The number of carbonyl (C=O) groups is 1. The van der Waals surface area contributed by atoms with E-state index in [4.69, 9.17) is 11.6 Å². The number of benzene rings is 2. The third-order valence-electron chi connectivity index (χ3n) is 4.40. The van der Waals surface area contributed by atoms with Crippen molar-refractivity contribution in [2.75, 3.05) is 11.9 Å². The standard InChI is InChI=1S/C20H18ClN3OS/c21-17-3-1-2-13(8-17)9-18-12-26-20(23-18)24-19(25)15-4-5-16-11-22-7-6-14(16)10-15/h1-5,8,10,12,22H,6-7,9,11H2,(H,23,24,25). The van der Waals surface area contributed by atoms with Gasteiger partial charge >= 0.3 is 0 Å². The molecule has 6 heteroatoms. The van der Waals surface area contributed by atoms with Crippen LogP contribution in [0.25, 0.3) is 0 Å². The smallest absolute Gasteiger partial charge is 0.257 e. The van der Waals surface area contributed by atoms with E-state index in [1.165, 1.54) is 22.5 Å². The molecule has 3 aromatic rings. The van der Waals surface area contributed by atoms with Crippen LogP contribution in [-0.2, 0) is 19.4 Å². The average molecular weight is 384 g/mol. The monoisotopic (exact) mass is 383 g/mol. The van der Waals surface area contributed by atoms with Crippen molar-refractivity contribution in [3.05, 3.63) is 80.8 Å². The number of nitrogens with one attached hydrogen (secondary N) is 2. The molecule has 1 aromatic heterocycles. The summed E-state index contributed by atoms with van der Waals surface area (Å²) in [6, 6.07) is 13.6. The Balaban J connectivity index is 1.44. The summed E-state index contributed by atoms with van der Waals surface area (Å²) >= 11 is 7.46. The number of thiazole rings is 1. The van der Waals surface area contributed by atoms with Gasteiger partial charge in [-0.2, -0.15) is 0 Å². The molecule has 0 spiro atoms. The number of carbonyl (C=O) groups excluding carboxylic acids is 1. The lowest BCUT2D eigenvalue weighted by atomic mass is 9.98. The largest absolute Gasteiger partial charge is 0.312 e. The molecule has 2 heterocycles. The zero-order chi connectivity index (χ0) is 17.9. The first kappa shape index (κ1) is 17.2. The minimum Gasteiger partial charge on any atom is -0.312 e. The fraction of sp³-hybridized carbons (Fsp3) is 0.200. The molecule has 4 rings (SSSR count). The Labute approximate surface area is 161 Å². The van der Waals surface area contributed by atoms with Crippen molar-refractivity contribution < 1.29 is 4.79 Å². The Morgan fingerprint density at radius 3 is 3.04 bits per heavy atom. The summed E-state index contributed by atoms with van der Waals surface area (Å²) in [6.45, 7) is 1.83. The molecule has 4 nitrogen and oxygen atoms in total. The van der Waals surface area contributed by atoms with Gasteiger partial charge in [0.1, 0.15) is 0 Å². The highest BCUT2D eigenvalue weighted by Gasteiger charge is 2.14. The summed E-state index contributed by atoms with van der Waals surface area (Å²) in [6.07, 6.45) is 1.65. The molecular weight excluding hydrogens is 366 g/mol. The molecule has 2 N–H and O–H groups in total. The molecule has 1 aliphatic rings. The molecule has 0 atom stereocenters. The van der Waals surface area contributed by atoms with Gasteiger partial charge in [0.2, 0.25) is 0 Å². The van der Waals surface area contributed by atoms with Crippen LogP contribution in [0.15, 0.2) is 47.8 Å². The molecule has 0 aliphatic carbocycles. The second-order valence-corrected chi connectivity index (χ2v) is 7.61. The van der Waals surface area contributed by atoms with Crippen molar-refractivity contribution in [2.24, 2.45) is 0 Å². The normalized spacial score (nSPS) is 13.3. The number of rotatable bonds is 4. The van der Waals surface area contributed by atoms with Crippen LogP contribution in [0.2, 0.25) is 5.02 Å². The minimum atomic E-state index is -0.116. The summed E-state index contributed by atoms with van der Waals surface area (Å²) in [5.74, 6) is -0.116. The van der Waals surface area contributed by atoms with E-state index in [2.05, 4.69) is 15.6 Å². The van der Waals surface area contributed by atoms with E-state index in [0.717, 1.165) is 30.8 Å². The van der Waals surface area contributed by atoms with Gasteiger partial charge in [-0.3, -0.25) is 10.1 Å². The molecule has 1 amide bonds. The van der Waals surface area contributed by atoms with Crippen molar-refractivity contribution in [3.8, 4) is 0 Å². The van der Waals surface area contributed by atoms with Gasteiger partial charge in [0.25, 0.3) is 5.91 Å². The Morgan fingerprint density at radius 2 is 2.15 bits per heavy atom. The molecule has 0 radical (unpaired) electrons. The number of amides is 1. The van der Waals surface area contributed by atoms with E-state index in [1.807, 2.05) is 47.8 Å². The lowest BCUT2D eigenvalue weighted by Crippen LogP contribution is -2.24. The van der Waals surface area contributed by atoms with Crippen molar-refractivity contribution >= 4 is 34.0 Å². The molecule has 0 bridgehead atoms. The summed E-state index contributed by atoms with van der Waals surface area (Å²) in [4.78, 5) is 17.1. The predicted molar refractivity (Wildman–Crippen MR) is 106 cm³/mol. The Bertz CT molecular complexity index is 954. The molecule has 0 fully saturated rings. The Hall–Kier alpha value is -2.21. The summed E-state index contributed by atoms with van der Waals surface area (Å²) in [7, 11) is 0. The molecule has 0 saturated heterocycles. The fourth-order valence-electron chi connectivity index (χ4n) is 3.09. The van der Waals surface area contributed by atoms with Crippen LogP contribution < -0.4 is 10.6 Å². The lowest BCUT2D eigenvalue weighted by Gasteiger charge is -2.17. The maximum absolute atomic E-state index is 12.5. The van der Waals surface area contributed by atoms with Crippen LogP contribution in [0.1, 0.15) is 32.7 Å². The Kier molecular flexibility index (Phi) is 5.02. The Morgan fingerprint density at radius 1 is 1.23 bits per heavy atom. The first-order valence-corrected chi connectivity index (χ1v) is 9.76. The van der Waals surface area contributed by atoms with Crippen molar-refractivity contribution in [3.63, 3.8) is 0 Å². The molecule has 0 saturated carbocycles. The molecule has 2 aromatic carbocycles. The van der Waals surface area contributed by atoms with Gasteiger partial charge in [0.05, 0.1) is 5.69 Å². The van der Waals surface area contributed by atoms with E-state index in [-0.39, 0.29) is 5.91 Å². The predicted octanol–water partition coefficient (Wildman–Crippen LogP) is 4.29. The van der Waals surface area contributed by atoms with E-state index in [0.29, 0.717) is 22.1 Å². The average Bonchev–Trinajstić information content (AvgIpc) is 3.08. The summed E-state index contributed by atoms with van der Waals surface area (Å²) in [5, 5.41) is 9.55. The maximum atomic E-state index is 12.5. The van der Waals surface area contributed by atoms with Gasteiger partial charge in [-0.15, -0.1) is 11.3 Å². The highest BCUT2D eigenvalue weighted by molar-refractivity contribution is 7.14. The van der Waals surface area contributed by atoms with E-state index in [9.17, 15) is 4.79 Å². The molecule has 132 valence electrons. The molecule has 0 unspecified atom stereocenters. The van der Waals surface area contributed by atoms with E-state index in [1.54, 1.807) is 0 Å². The first-order chi connectivity index (χ1) is 12.7. The number of aromatic nitrogens is 1. The van der Waals surface area contributed by atoms with Crippen LogP contribution >= 0.6 is 22.9 Å². The third kappa shape index (κ3) is 3.96. The molecule has 26 heavy (non-hydrogen) atoms. The number of hydrogen-bond acceptors (Lipinski definition) is 4. The topological polar surface area (TPSA) is 54.0 Å². The first-order valence-electron chi connectivity index (χ1n) is 8.50.